The van der Waals surface area contributed by atoms with Crippen molar-refractivity contribution >= 4 is 5.69 Å². The molecule has 2 nitrogen and oxygen atoms in total. The summed E-state index contributed by atoms with van der Waals surface area (Å²) in [5.41, 5.74) is 2.62. The molecule has 0 amide bonds. The summed E-state index contributed by atoms with van der Waals surface area (Å²) < 4.78 is 0. The summed E-state index contributed by atoms with van der Waals surface area (Å²) >= 11 is 0. The van der Waals surface area contributed by atoms with Gasteiger partial charge in [-0.2, -0.15) is 0 Å². The third-order valence-electron chi connectivity index (χ3n) is 3.12. The number of rotatable bonds is 6. The molecule has 16 heavy (non-hydrogen) atoms. The molecule has 0 heterocycles. The van der Waals surface area contributed by atoms with Crippen LogP contribution in [-0.4, -0.2) is 12.1 Å². The van der Waals surface area contributed by atoms with Crippen molar-refractivity contribution in [2.75, 3.05) is 5.32 Å². The van der Waals surface area contributed by atoms with Crippen molar-refractivity contribution in [3.63, 3.8) is 0 Å². The number of hydrogen-bond acceptors (Lipinski definition) is 2. The van der Waals surface area contributed by atoms with Gasteiger partial charge in [-0.3, -0.25) is 0 Å². The Bertz CT molecular complexity index is 331. The van der Waals surface area contributed by atoms with E-state index in [4.69, 9.17) is 0 Å². The third kappa shape index (κ3) is 3.53. The average molecular weight is 218 g/mol. The Kier molecular flexibility index (Phi) is 3.83. The van der Waals surface area contributed by atoms with E-state index in [2.05, 4.69) is 48.7 Å². The normalized spacial score (nSPS) is 17.1. The maximum atomic E-state index is 3.54. The Labute approximate surface area is 98.4 Å². The zero-order valence-corrected chi connectivity index (χ0v) is 10.3. The molecule has 1 atom stereocenters. The van der Waals surface area contributed by atoms with Crippen LogP contribution < -0.4 is 10.6 Å². The Morgan fingerprint density at radius 3 is 2.88 bits per heavy atom. The third-order valence-corrected chi connectivity index (χ3v) is 3.12. The van der Waals surface area contributed by atoms with E-state index in [1.807, 2.05) is 0 Å². The molecule has 2 N–H and O–H groups in total. The number of benzene rings is 1. The van der Waals surface area contributed by atoms with E-state index >= 15 is 0 Å². The molecule has 1 aromatic rings. The molecule has 0 aromatic heterocycles. The summed E-state index contributed by atoms with van der Waals surface area (Å²) in [6, 6.07) is 10.1. The quantitative estimate of drug-likeness (QED) is 0.766. The molecular weight excluding hydrogens is 196 g/mol. The summed E-state index contributed by atoms with van der Waals surface area (Å²) in [6.45, 7) is 5.42. The molecule has 1 saturated carbocycles. The molecule has 0 saturated heterocycles. The van der Waals surface area contributed by atoms with Gasteiger partial charge in [-0.15, -0.1) is 0 Å². The van der Waals surface area contributed by atoms with E-state index in [1.165, 1.54) is 24.1 Å². The van der Waals surface area contributed by atoms with Gasteiger partial charge in [-0.05, 0) is 43.9 Å². The molecule has 1 unspecified atom stereocenters. The van der Waals surface area contributed by atoms with Gasteiger partial charge in [0.1, 0.15) is 0 Å². The van der Waals surface area contributed by atoms with Crippen LogP contribution in [0.2, 0.25) is 0 Å². The highest BCUT2D eigenvalue weighted by Crippen LogP contribution is 2.20. The fourth-order valence-electron chi connectivity index (χ4n) is 1.71. The topological polar surface area (TPSA) is 24.1 Å². The van der Waals surface area contributed by atoms with Gasteiger partial charge >= 0.3 is 0 Å². The summed E-state index contributed by atoms with van der Waals surface area (Å²) in [5.74, 6) is 0. The SMILES string of the molecule is CCC(C)Nc1cccc(CNC2CC2)c1. The highest BCUT2D eigenvalue weighted by atomic mass is 14.9. The fourth-order valence-corrected chi connectivity index (χ4v) is 1.71. The lowest BCUT2D eigenvalue weighted by Crippen LogP contribution is -2.16. The van der Waals surface area contributed by atoms with Crippen LogP contribution in [0.4, 0.5) is 5.69 Å². The molecule has 1 aliphatic rings. The van der Waals surface area contributed by atoms with Crippen LogP contribution in [-0.2, 0) is 6.54 Å². The minimum Gasteiger partial charge on any atom is -0.383 e. The summed E-state index contributed by atoms with van der Waals surface area (Å²) in [4.78, 5) is 0. The van der Waals surface area contributed by atoms with Crippen LogP contribution in [0.1, 0.15) is 38.7 Å². The van der Waals surface area contributed by atoms with Crippen molar-refractivity contribution in [2.24, 2.45) is 0 Å². The van der Waals surface area contributed by atoms with Crippen LogP contribution in [0.25, 0.3) is 0 Å². The van der Waals surface area contributed by atoms with E-state index < -0.39 is 0 Å². The standard InChI is InChI=1S/C14H22N2/c1-3-11(2)16-14-6-4-5-12(9-14)10-15-13-7-8-13/h4-6,9,11,13,15-16H,3,7-8,10H2,1-2H3. The Hall–Kier alpha value is -1.02. The lowest BCUT2D eigenvalue weighted by Gasteiger charge is -2.14. The maximum Gasteiger partial charge on any atom is 0.0345 e. The highest BCUT2D eigenvalue weighted by molar-refractivity contribution is 5.46. The minimum absolute atomic E-state index is 0.548. The lowest BCUT2D eigenvalue weighted by atomic mass is 10.1. The molecule has 2 rings (SSSR count). The van der Waals surface area contributed by atoms with Crippen LogP contribution in [0.3, 0.4) is 0 Å². The molecule has 0 aliphatic heterocycles. The van der Waals surface area contributed by atoms with Crippen molar-refractivity contribution in [1.82, 2.24) is 5.32 Å². The molecule has 0 bridgehead atoms. The highest BCUT2D eigenvalue weighted by Gasteiger charge is 2.19. The largest absolute Gasteiger partial charge is 0.383 e. The zero-order chi connectivity index (χ0) is 11.4. The second-order valence-corrected chi connectivity index (χ2v) is 4.81. The number of anilines is 1. The second-order valence-electron chi connectivity index (χ2n) is 4.81. The van der Waals surface area contributed by atoms with Crippen molar-refractivity contribution in [3.05, 3.63) is 29.8 Å². The molecule has 2 heteroatoms. The van der Waals surface area contributed by atoms with Gasteiger partial charge in [0.15, 0.2) is 0 Å². The van der Waals surface area contributed by atoms with Crippen molar-refractivity contribution in [3.8, 4) is 0 Å². The lowest BCUT2D eigenvalue weighted by molar-refractivity contribution is 0.687. The molecule has 1 aliphatic carbocycles. The van der Waals surface area contributed by atoms with E-state index in [9.17, 15) is 0 Å². The van der Waals surface area contributed by atoms with E-state index in [0.717, 1.165) is 19.0 Å². The van der Waals surface area contributed by atoms with E-state index in [1.54, 1.807) is 0 Å². The van der Waals surface area contributed by atoms with Crippen LogP contribution in [0.15, 0.2) is 24.3 Å². The predicted octanol–water partition coefficient (Wildman–Crippen LogP) is 3.15. The molecule has 0 radical (unpaired) electrons. The first-order valence-corrected chi connectivity index (χ1v) is 6.37. The second kappa shape index (κ2) is 5.35. The van der Waals surface area contributed by atoms with Gasteiger partial charge < -0.3 is 10.6 Å². The van der Waals surface area contributed by atoms with Gasteiger partial charge in [0.2, 0.25) is 0 Å². The molecule has 1 aromatic carbocycles. The molecule has 0 spiro atoms. The first-order chi connectivity index (χ1) is 7.78. The van der Waals surface area contributed by atoms with Gasteiger partial charge in [-0.25, -0.2) is 0 Å². The van der Waals surface area contributed by atoms with Gasteiger partial charge in [-0.1, -0.05) is 19.1 Å². The fraction of sp³-hybridized carbons (Fsp3) is 0.571. The molecule has 1 fully saturated rings. The van der Waals surface area contributed by atoms with Crippen molar-refractivity contribution in [2.45, 2.75) is 51.7 Å². The van der Waals surface area contributed by atoms with Crippen molar-refractivity contribution < 1.29 is 0 Å². The molecular formula is C14H22N2. The smallest absolute Gasteiger partial charge is 0.0345 e. The maximum absolute atomic E-state index is 3.54. The van der Waals surface area contributed by atoms with E-state index in [0.29, 0.717) is 6.04 Å². The van der Waals surface area contributed by atoms with Crippen LogP contribution in [0, 0.1) is 0 Å². The van der Waals surface area contributed by atoms with E-state index in [-0.39, 0.29) is 0 Å². The Morgan fingerprint density at radius 1 is 1.38 bits per heavy atom. The first kappa shape index (κ1) is 11.5. The monoisotopic (exact) mass is 218 g/mol. The summed E-state index contributed by atoms with van der Waals surface area (Å²) in [7, 11) is 0. The number of nitrogens with one attached hydrogen (secondary N) is 2. The van der Waals surface area contributed by atoms with Gasteiger partial charge in [0.25, 0.3) is 0 Å². The van der Waals surface area contributed by atoms with Gasteiger partial charge in [0.05, 0.1) is 0 Å². The Balaban J connectivity index is 1.89. The van der Waals surface area contributed by atoms with Crippen LogP contribution in [0.5, 0.6) is 0 Å². The summed E-state index contributed by atoms with van der Waals surface area (Å²) in [5, 5.41) is 7.05. The zero-order valence-electron chi connectivity index (χ0n) is 10.3. The molecule has 88 valence electrons. The predicted molar refractivity (Wildman–Crippen MR) is 69.7 cm³/mol. The van der Waals surface area contributed by atoms with Gasteiger partial charge in [0, 0.05) is 24.3 Å². The minimum atomic E-state index is 0.548. The summed E-state index contributed by atoms with van der Waals surface area (Å²) in [6.07, 6.45) is 3.86. The van der Waals surface area contributed by atoms with Crippen LogP contribution >= 0.6 is 0 Å². The number of hydrogen-bond donors (Lipinski definition) is 2. The Morgan fingerprint density at radius 2 is 2.19 bits per heavy atom. The average Bonchev–Trinajstić information content (AvgIpc) is 3.10. The van der Waals surface area contributed by atoms with Crippen molar-refractivity contribution in [1.29, 1.82) is 0 Å². The first-order valence-electron chi connectivity index (χ1n) is 6.37.